The minimum atomic E-state index is 0.352. The molecule has 0 saturated heterocycles. The molecule has 2 fully saturated rings. The Balaban J connectivity index is 1.51. The zero-order valence-electron chi connectivity index (χ0n) is 9.64. The van der Waals surface area contributed by atoms with Gasteiger partial charge in [-0.3, -0.25) is 4.98 Å². The van der Waals surface area contributed by atoms with E-state index in [1.54, 1.807) is 11.3 Å². The molecule has 1 aromatic rings. The van der Waals surface area contributed by atoms with Gasteiger partial charge >= 0.3 is 0 Å². The average Bonchev–Trinajstić information content (AvgIpc) is 2.92. The third-order valence-corrected chi connectivity index (χ3v) is 5.24. The fraction of sp³-hybridized carbons (Fsp3) is 0.769. The summed E-state index contributed by atoms with van der Waals surface area (Å²) in [5.74, 6) is 2.99. The fourth-order valence-electron chi connectivity index (χ4n) is 3.74. The van der Waals surface area contributed by atoms with Gasteiger partial charge in [-0.2, -0.15) is 0 Å². The molecule has 88 valence electrons. The molecule has 3 heteroatoms. The number of thiazole rings is 1. The second kappa shape index (κ2) is 4.46. The second-order valence-electron chi connectivity index (χ2n) is 5.60. The van der Waals surface area contributed by atoms with Gasteiger partial charge in [0.05, 0.1) is 5.51 Å². The molecular formula is C13H20N2S. The van der Waals surface area contributed by atoms with Gasteiger partial charge in [0, 0.05) is 17.1 Å². The molecule has 4 unspecified atom stereocenters. The van der Waals surface area contributed by atoms with Crippen LogP contribution in [-0.2, 0) is 6.42 Å². The molecule has 0 aliphatic heterocycles. The summed E-state index contributed by atoms with van der Waals surface area (Å²) in [4.78, 5) is 5.45. The standard InChI is InChI=1S/C13H20N2S/c14-12(6-13-7-15-8-16-13)5-11-4-9-1-2-10(11)3-9/h7-12H,1-6,14H2. The first kappa shape index (κ1) is 10.7. The van der Waals surface area contributed by atoms with Crippen LogP contribution in [0.2, 0.25) is 0 Å². The van der Waals surface area contributed by atoms with Crippen molar-refractivity contribution in [3.8, 4) is 0 Å². The molecule has 0 aromatic carbocycles. The van der Waals surface area contributed by atoms with Crippen molar-refractivity contribution in [3.63, 3.8) is 0 Å². The highest BCUT2D eigenvalue weighted by atomic mass is 32.1. The molecule has 0 radical (unpaired) electrons. The number of fused-ring (bicyclic) bond motifs is 2. The summed E-state index contributed by atoms with van der Waals surface area (Å²) in [6, 6.07) is 0.352. The molecule has 4 atom stereocenters. The summed E-state index contributed by atoms with van der Waals surface area (Å²) in [7, 11) is 0. The maximum absolute atomic E-state index is 6.26. The number of nitrogens with zero attached hydrogens (tertiary/aromatic N) is 1. The first-order valence-electron chi connectivity index (χ1n) is 6.44. The lowest BCUT2D eigenvalue weighted by molar-refractivity contribution is 0.294. The summed E-state index contributed by atoms with van der Waals surface area (Å²) in [6.45, 7) is 0. The highest BCUT2D eigenvalue weighted by Gasteiger charge is 2.39. The first-order valence-corrected chi connectivity index (χ1v) is 7.32. The predicted octanol–water partition coefficient (Wildman–Crippen LogP) is 2.84. The van der Waals surface area contributed by atoms with Gasteiger partial charge in [-0.05, 0) is 49.9 Å². The van der Waals surface area contributed by atoms with Gasteiger partial charge in [-0.25, -0.2) is 0 Å². The van der Waals surface area contributed by atoms with Crippen LogP contribution in [0.15, 0.2) is 11.7 Å². The van der Waals surface area contributed by atoms with Crippen molar-refractivity contribution in [1.29, 1.82) is 0 Å². The summed E-state index contributed by atoms with van der Waals surface area (Å²) in [5, 5.41) is 0. The summed E-state index contributed by atoms with van der Waals surface area (Å²) in [6.07, 6.45) is 10.1. The molecule has 2 nitrogen and oxygen atoms in total. The Morgan fingerprint density at radius 1 is 1.44 bits per heavy atom. The Morgan fingerprint density at radius 2 is 2.38 bits per heavy atom. The molecule has 16 heavy (non-hydrogen) atoms. The lowest BCUT2D eigenvalue weighted by Crippen LogP contribution is -2.27. The van der Waals surface area contributed by atoms with Gasteiger partial charge < -0.3 is 5.73 Å². The van der Waals surface area contributed by atoms with Crippen LogP contribution < -0.4 is 5.73 Å². The van der Waals surface area contributed by atoms with Crippen molar-refractivity contribution in [2.75, 3.05) is 0 Å². The number of hydrogen-bond donors (Lipinski definition) is 1. The van der Waals surface area contributed by atoms with Crippen molar-refractivity contribution in [2.45, 2.75) is 44.6 Å². The maximum atomic E-state index is 6.26. The van der Waals surface area contributed by atoms with E-state index in [1.807, 2.05) is 11.7 Å². The van der Waals surface area contributed by atoms with E-state index in [9.17, 15) is 0 Å². The van der Waals surface area contributed by atoms with Crippen LogP contribution in [0.5, 0.6) is 0 Å². The minimum absolute atomic E-state index is 0.352. The van der Waals surface area contributed by atoms with E-state index in [0.717, 1.165) is 24.2 Å². The van der Waals surface area contributed by atoms with Gasteiger partial charge in [0.1, 0.15) is 0 Å². The Labute approximate surface area is 101 Å². The third kappa shape index (κ3) is 2.16. The van der Waals surface area contributed by atoms with Crippen LogP contribution in [0.4, 0.5) is 0 Å². The second-order valence-corrected chi connectivity index (χ2v) is 6.57. The van der Waals surface area contributed by atoms with Crippen LogP contribution in [-0.4, -0.2) is 11.0 Å². The smallest absolute Gasteiger partial charge is 0.0794 e. The molecule has 0 spiro atoms. The zero-order chi connectivity index (χ0) is 11.0. The quantitative estimate of drug-likeness (QED) is 0.873. The minimum Gasteiger partial charge on any atom is -0.327 e. The molecule has 0 amide bonds. The van der Waals surface area contributed by atoms with Crippen molar-refractivity contribution < 1.29 is 0 Å². The van der Waals surface area contributed by atoms with E-state index >= 15 is 0 Å². The molecular weight excluding hydrogens is 216 g/mol. The van der Waals surface area contributed by atoms with Crippen LogP contribution in [0.1, 0.15) is 37.0 Å². The highest BCUT2D eigenvalue weighted by molar-refractivity contribution is 7.09. The van der Waals surface area contributed by atoms with Gasteiger partial charge in [-0.1, -0.05) is 6.42 Å². The van der Waals surface area contributed by atoms with Crippen molar-refractivity contribution in [1.82, 2.24) is 4.98 Å². The van der Waals surface area contributed by atoms with E-state index in [1.165, 1.54) is 37.0 Å². The first-order chi connectivity index (χ1) is 7.81. The van der Waals surface area contributed by atoms with E-state index < -0.39 is 0 Å². The Bertz CT molecular complexity index is 336. The monoisotopic (exact) mass is 236 g/mol. The van der Waals surface area contributed by atoms with Crippen LogP contribution >= 0.6 is 11.3 Å². The number of rotatable bonds is 4. The molecule has 3 rings (SSSR count). The SMILES string of the molecule is NC(Cc1cncs1)CC1CC2CCC1C2. The van der Waals surface area contributed by atoms with E-state index in [2.05, 4.69) is 4.98 Å². The van der Waals surface area contributed by atoms with Gasteiger partial charge in [0.25, 0.3) is 0 Å². The lowest BCUT2D eigenvalue weighted by atomic mass is 9.84. The normalized spacial score (nSPS) is 34.4. The number of hydrogen-bond acceptors (Lipinski definition) is 3. The van der Waals surface area contributed by atoms with Gasteiger partial charge in [0.2, 0.25) is 0 Å². The molecule has 1 aromatic heterocycles. The van der Waals surface area contributed by atoms with E-state index in [-0.39, 0.29) is 0 Å². The third-order valence-electron chi connectivity index (χ3n) is 4.44. The maximum Gasteiger partial charge on any atom is 0.0794 e. The summed E-state index contributed by atoms with van der Waals surface area (Å²) >= 11 is 1.73. The van der Waals surface area contributed by atoms with E-state index in [4.69, 9.17) is 5.73 Å². The fourth-order valence-corrected chi connectivity index (χ4v) is 4.43. The van der Waals surface area contributed by atoms with Crippen LogP contribution in [0, 0.1) is 17.8 Å². The molecule has 2 aliphatic carbocycles. The predicted molar refractivity (Wildman–Crippen MR) is 67.3 cm³/mol. The Hall–Kier alpha value is -0.410. The van der Waals surface area contributed by atoms with E-state index in [0.29, 0.717) is 6.04 Å². The topological polar surface area (TPSA) is 38.9 Å². The summed E-state index contributed by atoms with van der Waals surface area (Å²) in [5.41, 5.74) is 8.16. The summed E-state index contributed by atoms with van der Waals surface area (Å²) < 4.78 is 0. The molecule has 2 N–H and O–H groups in total. The van der Waals surface area contributed by atoms with Crippen molar-refractivity contribution in [2.24, 2.45) is 23.5 Å². The van der Waals surface area contributed by atoms with Crippen LogP contribution in [0.3, 0.4) is 0 Å². The van der Waals surface area contributed by atoms with Crippen molar-refractivity contribution >= 4 is 11.3 Å². The Morgan fingerprint density at radius 3 is 3.00 bits per heavy atom. The molecule has 2 bridgehead atoms. The average molecular weight is 236 g/mol. The molecule has 2 saturated carbocycles. The lowest BCUT2D eigenvalue weighted by Gasteiger charge is -2.24. The Kier molecular flexibility index (Phi) is 2.99. The largest absolute Gasteiger partial charge is 0.327 e. The molecule has 1 heterocycles. The van der Waals surface area contributed by atoms with Gasteiger partial charge in [-0.15, -0.1) is 11.3 Å². The number of aromatic nitrogens is 1. The zero-order valence-corrected chi connectivity index (χ0v) is 10.5. The highest BCUT2D eigenvalue weighted by Crippen LogP contribution is 2.49. The van der Waals surface area contributed by atoms with Crippen molar-refractivity contribution in [3.05, 3.63) is 16.6 Å². The van der Waals surface area contributed by atoms with Gasteiger partial charge in [0.15, 0.2) is 0 Å². The van der Waals surface area contributed by atoms with Crippen LogP contribution in [0.25, 0.3) is 0 Å². The number of nitrogens with two attached hydrogens (primary N) is 1. The molecule has 2 aliphatic rings.